The zero-order chi connectivity index (χ0) is 13.0. The van der Waals surface area contributed by atoms with Crippen LogP contribution < -0.4 is 5.32 Å². The fourth-order valence-electron chi connectivity index (χ4n) is 2.38. The van der Waals surface area contributed by atoms with Crippen molar-refractivity contribution < 1.29 is 0 Å². The molecular formula is C13H21ClN4. The maximum atomic E-state index is 5.91. The van der Waals surface area contributed by atoms with Crippen molar-refractivity contribution in [2.45, 2.75) is 26.7 Å². The van der Waals surface area contributed by atoms with Crippen LogP contribution in [0.15, 0.2) is 6.07 Å². The highest BCUT2D eigenvalue weighted by Crippen LogP contribution is 2.18. The Bertz CT molecular complexity index is 368. The molecule has 0 saturated carbocycles. The second-order valence-corrected chi connectivity index (χ2v) is 5.27. The molecule has 1 aliphatic heterocycles. The van der Waals surface area contributed by atoms with Crippen molar-refractivity contribution >= 4 is 17.4 Å². The zero-order valence-electron chi connectivity index (χ0n) is 11.1. The van der Waals surface area contributed by atoms with Crippen LogP contribution in [0.4, 0.5) is 5.82 Å². The average Bonchev–Trinajstić information content (AvgIpc) is 2.36. The molecule has 0 atom stereocenters. The number of likely N-dealkylation sites (tertiary alicyclic amines) is 1. The maximum absolute atomic E-state index is 5.91. The van der Waals surface area contributed by atoms with E-state index < -0.39 is 0 Å². The first-order chi connectivity index (χ1) is 8.67. The molecule has 0 unspecified atom stereocenters. The minimum atomic E-state index is 0.505. The molecule has 0 spiro atoms. The van der Waals surface area contributed by atoms with E-state index in [4.69, 9.17) is 11.6 Å². The SMILES string of the molecule is CCN1CCC(CNc2cc(Cl)nc(C)n2)CC1. The van der Waals surface area contributed by atoms with E-state index in [1.54, 1.807) is 6.07 Å². The molecule has 1 aliphatic rings. The molecule has 4 nitrogen and oxygen atoms in total. The third-order valence-electron chi connectivity index (χ3n) is 3.53. The second-order valence-electron chi connectivity index (χ2n) is 4.88. The lowest BCUT2D eigenvalue weighted by Gasteiger charge is -2.31. The van der Waals surface area contributed by atoms with Crippen molar-refractivity contribution in [3.63, 3.8) is 0 Å². The number of nitrogens with zero attached hydrogens (tertiary/aromatic N) is 3. The van der Waals surface area contributed by atoms with Gasteiger partial charge in [-0.1, -0.05) is 18.5 Å². The third kappa shape index (κ3) is 3.82. The lowest BCUT2D eigenvalue weighted by molar-refractivity contribution is 0.198. The third-order valence-corrected chi connectivity index (χ3v) is 3.73. The van der Waals surface area contributed by atoms with E-state index in [0.717, 1.165) is 18.3 Å². The van der Waals surface area contributed by atoms with Crippen LogP contribution in [0.1, 0.15) is 25.6 Å². The molecule has 2 heterocycles. The van der Waals surface area contributed by atoms with E-state index >= 15 is 0 Å². The van der Waals surface area contributed by atoms with Crippen LogP contribution in [-0.4, -0.2) is 41.0 Å². The highest BCUT2D eigenvalue weighted by Gasteiger charge is 2.17. The number of piperidine rings is 1. The van der Waals surface area contributed by atoms with Crippen molar-refractivity contribution in [1.82, 2.24) is 14.9 Å². The smallest absolute Gasteiger partial charge is 0.134 e. The quantitative estimate of drug-likeness (QED) is 0.853. The van der Waals surface area contributed by atoms with Gasteiger partial charge in [-0.2, -0.15) is 0 Å². The van der Waals surface area contributed by atoms with Gasteiger partial charge < -0.3 is 10.2 Å². The van der Waals surface area contributed by atoms with Crippen molar-refractivity contribution in [2.24, 2.45) is 5.92 Å². The number of rotatable bonds is 4. The fraction of sp³-hybridized carbons (Fsp3) is 0.692. The number of nitrogens with one attached hydrogen (secondary N) is 1. The van der Waals surface area contributed by atoms with E-state index in [1.807, 2.05) is 6.92 Å². The molecule has 0 aromatic carbocycles. The van der Waals surface area contributed by atoms with Gasteiger partial charge in [0.05, 0.1) is 0 Å². The number of hydrogen-bond donors (Lipinski definition) is 1. The molecule has 100 valence electrons. The van der Waals surface area contributed by atoms with Crippen molar-refractivity contribution in [2.75, 3.05) is 31.5 Å². The average molecular weight is 269 g/mol. The topological polar surface area (TPSA) is 41.0 Å². The van der Waals surface area contributed by atoms with Crippen LogP contribution in [0.2, 0.25) is 5.15 Å². The summed E-state index contributed by atoms with van der Waals surface area (Å²) >= 11 is 5.91. The molecule has 1 fully saturated rings. The number of aromatic nitrogens is 2. The van der Waals surface area contributed by atoms with Crippen LogP contribution in [-0.2, 0) is 0 Å². The normalized spacial score (nSPS) is 17.9. The largest absolute Gasteiger partial charge is 0.370 e. The molecule has 1 aromatic rings. The van der Waals surface area contributed by atoms with Gasteiger partial charge >= 0.3 is 0 Å². The van der Waals surface area contributed by atoms with E-state index in [-0.39, 0.29) is 0 Å². The van der Waals surface area contributed by atoms with Gasteiger partial charge in [-0.25, -0.2) is 9.97 Å². The Morgan fingerprint density at radius 2 is 2.11 bits per heavy atom. The Morgan fingerprint density at radius 1 is 1.39 bits per heavy atom. The molecule has 0 radical (unpaired) electrons. The van der Waals surface area contributed by atoms with Crippen LogP contribution in [0.25, 0.3) is 0 Å². The van der Waals surface area contributed by atoms with Gasteiger partial charge in [-0.15, -0.1) is 0 Å². The Morgan fingerprint density at radius 3 is 2.72 bits per heavy atom. The molecule has 0 aliphatic carbocycles. The maximum Gasteiger partial charge on any atom is 0.134 e. The van der Waals surface area contributed by atoms with Gasteiger partial charge in [0.1, 0.15) is 16.8 Å². The van der Waals surface area contributed by atoms with Crippen LogP contribution in [0.5, 0.6) is 0 Å². The molecule has 1 aromatic heterocycles. The van der Waals surface area contributed by atoms with E-state index in [2.05, 4.69) is 27.1 Å². The highest BCUT2D eigenvalue weighted by atomic mass is 35.5. The first-order valence-corrected chi connectivity index (χ1v) is 7.02. The van der Waals surface area contributed by atoms with Crippen molar-refractivity contribution in [1.29, 1.82) is 0 Å². The summed E-state index contributed by atoms with van der Waals surface area (Å²) in [5, 5.41) is 3.88. The summed E-state index contributed by atoms with van der Waals surface area (Å²) < 4.78 is 0. The van der Waals surface area contributed by atoms with Gasteiger partial charge in [-0.05, 0) is 45.3 Å². The highest BCUT2D eigenvalue weighted by molar-refractivity contribution is 6.29. The number of anilines is 1. The van der Waals surface area contributed by atoms with Crippen LogP contribution in [0.3, 0.4) is 0 Å². The molecule has 5 heteroatoms. The minimum absolute atomic E-state index is 0.505. The molecular weight excluding hydrogens is 248 g/mol. The van der Waals surface area contributed by atoms with E-state index in [9.17, 15) is 0 Å². The number of halogens is 1. The first-order valence-electron chi connectivity index (χ1n) is 6.64. The summed E-state index contributed by atoms with van der Waals surface area (Å²) in [6, 6.07) is 1.79. The summed E-state index contributed by atoms with van der Waals surface area (Å²) in [5.74, 6) is 2.29. The van der Waals surface area contributed by atoms with Gasteiger partial charge in [0.25, 0.3) is 0 Å². The Balaban J connectivity index is 1.81. The summed E-state index contributed by atoms with van der Waals surface area (Å²) in [4.78, 5) is 10.9. The van der Waals surface area contributed by atoms with Gasteiger partial charge in [0.2, 0.25) is 0 Å². The number of hydrogen-bond acceptors (Lipinski definition) is 4. The first kappa shape index (κ1) is 13.6. The van der Waals surface area contributed by atoms with Gasteiger partial charge in [0, 0.05) is 12.6 Å². The van der Waals surface area contributed by atoms with Gasteiger partial charge in [-0.3, -0.25) is 0 Å². The van der Waals surface area contributed by atoms with E-state index in [0.29, 0.717) is 11.0 Å². The summed E-state index contributed by atoms with van der Waals surface area (Å²) in [6.45, 7) is 8.66. The molecule has 0 amide bonds. The Kier molecular flexibility index (Phi) is 4.78. The summed E-state index contributed by atoms with van der Waals surface area (Å²) in [5.41, 5.74) is 0. The predicted molar refractivity (Wildman–Crippen MR) is 75.1 cm³/mol. The molecule has 1 saturated heterocycles. The van der Waals surface area contributed by atoms with Crippen LogP contribution in [0, 0.1) is 12.8 Å². The van der Waals surface area contributed by atoms with E-state index in [1.165, 1.54) is 32.5 Å². The monoisotopic (exact) mass is 268 g/mol. The standard InChI is InChI=1S/C13H21ClN4/c1-3-18-6-4-11(5-7-18)9-15-13-8-12(14)16-10(2)17-13/h8,11H,3-7,9H2,1-2H3,(H,15,16,17). The molecule has 0 bridgehead atoms. The van der Waals surface area contributed by atoms with Crippen molar-refractivity contribution in [3.8, 4) is 0 Å². The Hall–Kier alpha value is -0.870. The molecule has 18 heavy (non-hydrogen) atoms. The minimum Gasteiger partial charge on any atom is -0.370 e. The lowest BCUT2D eigenvalue weighted by Crippen LogP contribution is -2.35. The fourth-order valence-corrected chi connectivity index (χ4v) is 2.60. The molecule has 2 rings (SSSR count). The van der Waals surface area contributed by atoms with Crippen molar-refractivity contribution in [3.05, 3.63) is 17.0 Å². The second kappa shape index (κ2) is 6.34. The van der Waals surface area contributed by atoms with Crippen LogP contribution >= 0.6 is 11.6 Å². The molecule has 1 N–H and O–H groups in total. The zero-order valence-corrected chi connectivity index (χ0v) is 11.9. The summed E-state index contributed by atoms with van der Waals surface area (Å²) in [7, 11) is 0. The predicted octanol–water partition coefficient (Wildman–Crippen LogP) is 2.58. The Labute approximate surface area is 114 Å². The summed E-state index contributed by atoms with van der Waals surface area (Å²) in [6.07, 6.45) is 2.53. The number of aryl methyl sites for hydroxylation is 1. The lowest BCUT2D eigenvalue weighted by atomic mass is 9.97. The van der Waals surface area contributed by atoms with Gasteiger partial charge in [0.15, 0.2) is 0 Å².